The lowest BCUT2D eigenvalue weighted by Crippen LogP contribution is -2.03. The Morgan fingerprint density at radius 1 is 1.11 bits per heavy atom. The predicted octanol–water partition coefficient (Wildman–Crippen LogP) is 4.52. The van der Waals surface area contributed by atoms with Gasteiger partial charge in [-0.2, -0.15) is 0 Å². The molecule has 4 nitrogen and oxygen atoms in total. The summed E-state index contributed by atoms with van der Waals surface area (Å²) in [5.74, 6) is 0. The molecule has 0 aromatic heterocycles. The summed E-state index contributed by atoms with van der Waals surface area (Å²) >= 11 is 0. The monoisotopic (exact) mass is 253 g/mol. The van der Waals surface area contributed by atoms with E-state index in [1.807, 2.05) is 61.5 Å². The molecule has 0 aliphatic carbocycles. The number of hydrogen-bond acceptors (Lipinski definition) is 2. The normalized spacial score (nSPS) is 11.6. The molecule has 96 valence electrons. The van der Waals surface area contributed by atoms with E-state index in [2.05, 4.69) is 10.0 Å². The quantitative estimate of drug-likeness (QED) is 0.439. The van der Waals surface area contributed by atoms with E-state index in [-0.39, 0.29) is 0 Å². The molecule has 0 bridgehead atoms. The minimum absolute atomic E-state index is 0.416. The Morgan fingerprint density at radius 3 is 2.47 bits per heavy atom. The minimum Gasteiger partial charge on any atom is -0.363 e. The molecule has 0 fully saturated rings. The van der Waals surface area contributed by atoms with Crippen LogP contribution in [0.5, 0.6) is 0 Å². The van der Waals surface area contributed by atoms with Crippen LogP contribution < -0.4 is 0 Å². The highest BCUT2D eigenvalue weighted by molar-refractivity contribution is 5.27. The Morgan fingerprint density at radius 2 is 1.79 bits per heavy atom. The molecule has 0 saturated carbocycles. The lowest BCUT2D eigenvalue weighted by molar-refractivity contribution is 0.0440. The maximum absolute atomic E-state index is 8.66. The number of benzene rings is 2. The van der Waals surface area contributed by atoms with Crippen LogP contribution in [0.3, 0.4) is 0 Å². The maximum atomic E-state index is 8.66. The second kappa shape index (κ2) is 6.59. The molecule has 19 heavy (non-hydrogen) atoms. The number of nitrogens with zero attached hydrogens (tertiary/aromatic N) is 3. The average molecular weight is 253 g/mol. The highest BCUT2D eigenvalue weighted by atomic mass is 16.5. The van der Waals surface area contributed by atoms with Crippen molar-refractivity contribution in [2.24, 2.45) is 5.11 Å². The summed E-state index contributed by atoms with van der Waals surface area (Å²) in [5.41, 5.74) is 11.7. The van der Waals surface area contributed by atoms with Crippen LogP contribution in [0.15, 0.2) is 59.7 Å². The molecule has 0 spiro atoms. The number of rotatable bonds is 5. The van der Waals surface area contributed by atoms with Crippen molar-refractivity contribution in [3.05, 3.63) is 81.7 Å². The number of azide groups is 1. The van der Waals surface area contributed by atoms with Crippen LogP contribution in [0.25, 0.3) is 10.4 Å². The van der Waals surface area contributed by atoms with Gasteiger partial charge in [-0.15, -0.1) is 0 Å². The second-order valence-corrected chi connectivity index (χ2v) is 4.21. The molecule has 0 N–H and O–H groups in total. The zero-order chi connectivity index (χ0) is 13.5. The van der Waals surface area contributed by atoms with Gasteiger partial charge < -0.3 is 4.74 Å². The molecule has 2 rings (SSSR count). The van der Waals surface area contributed by atoms with Gasteiger partial charge in [0, 0.05) is 4.91 Å². The number of aryl methyl sites for hydroxylation is 1. The molecule has 0 amide bonds. The fourth-order valence-corrected chi connectivity index (χ4v) is 1.85. The minimum atomic E-state index is -0.591. The first-order valence-electron chi connectivity index (χ1n) is 6.06. The van der Waals surface area contributed by atoms with Crippen LogP contribution in [0, 0.1) is 6.92 Å². The molecule has 0 radical (unpaired) electrons. The Balaban J connectivity index is 2.13. The molecule has 0 saturated heterocycles. The Kier molecular flexibility index (Phi) is 4.56. The Labute approximate surface area is 112 Å². The molecule has 2 aromatic carbocycles. The fraction of sp³-hybridized carbons (Fsp3) is 0.200. The third-order valence-corrected chi connectivity index (χ3v) is 2.86. The van der Waals surface area contributed by atoms with Gasteiger partial charge in [0.15, 0.2) is 6.23 Å². The standard InChI is InChI=1S/C15H15N3O/c1-12-7-5-6-10-14(12)15(17-18-16)19-11-13-8-3-2-4-9-13/h2-10,15H,11H2,1H3. The van der Waals surface area contributed by atoms with E-state index >= 15 is 0 Å². The van der Waals surface area contributed by atoms with Crippen molar-refractivity contribution < 1.29 is 4.74 Å². The topological polar surface area (TPSA) is 58.0 Å². The van der Waals surface area contributed by atoms with Crippen molar-refractivity contribution in [2.45, 2.75) is 19.8 Å². The molecular formula is C15H15N3O. The first-order chi connectivity index (χ1) is 9.31. The summed E-state index contributed by atoms with van der Waals surface area (Å²) in [7, 11) is 0. The van der Waals surface area contributed by atoms with Crippen LogP contribution >= 0.6 is 0 Å². The maximum Gasteiger partial charge on any atom is 0.162 e. The highest BCUT2D eigenvalue weighted by Gasteiger charge is 2.12. The van der Waals surface area contributed by atoms with Gasteiger partial charge in [0.25, 0.3) is 0 Å². The summed E-state index contributed by atoms with van der Waals surface area (Å²) in [5, 5.41) is 3.73. The molecule has 0 aliphatic rings. The average Bonchev–Trinajstić information content (AvgIpc) is 2.45. The third-order valence-electron chi connectivity index (χ3n) is 2.86. The fourth-order valence-electron chi connectivity index (χ4n) is 1.85. The van der Waals surface area contributed by atoms with Crippen LogP contribution in [0.2, 0.25) is 0 Å². The van der Waals surface area contributed by atoms with Crippen molar-refractivity contribution in [1.82, 2.24) is 0 Å². The summed E-state index contributed by atoms with van der Waals surface area (Å²) < 4.78 is 5.72. The van der Waals surface area contributed by atoms with Gasteiger partial charge in [-0.05, 0) is 29.1 Å². The van der Waals surface area contributed by atoms with E-state index in [4.69, 9.17) is 10.3 Å². The zero-order valence-corrected chi connectivity index (χ0v) is 10.7. The number of ether oxygens (including phenoxy) is 1. The molecule has 4 heteroatoms. The van der Waals surface area contributed by atoms with Crippen molar-refractivity contribution in [3.8, 4) is 0 Å². The predicted molar refractivity (Wildman–Crippen MR) is 74.3 cm³/mol. The van der Waals surface area contributed by atoms with Crippen molar-refractivity contribution >= 4 is 0 Å². The Hall–Kier alpha value is -2.29. The molecule has 0 heterocycles. The van der Waals surface area contributed by atoms with Gasteiger partial charge in [0.2, 0.25) is 0 Å². The Bertz CT molecular complexity index is 577. The highest BCUT2D eigenvalue weighted by Crippen LogP contribution is 2.23. The van der Waals surface area contributed by atoms with E-state index in [1.54, 1.807) is 0 Å². The van der Waals surface area contributed by atoms with E-state index in [0.29, 0.717) is 6.61 Å². The summed E-state index contributed by atoms with van der Waals surface area (Å²) in [4.78, 5) is 2.87. The van der Waals surface area contributed by atoms with Gasteiger partial charge in [-0.25, -0.2) is 0 Å². The number of hydrogen-bond donors (Lipinski definition) is 0. The molecular weight excluding hydrogens is 238 g/mol. The molecule has 2 aromatic rings. The lowest BCUT2D eigenvalue weighted by Gasteiger charge is -2.15. The van der Waals surface area contributed by atoms with Crippen molar-refractivity contribution in [2.75, 3.05) is 0 Å². The zero-order valence-electron chi connectivity index (χ0n) is 10.7. The smallest absolute Gasteiger partial charge is 0.162 e. The van der Waals surface area contributed by atoms with Crippen LogP contribution in [-0.4, -0.2) is 0 Å². The van der Waals surface area contributed by atoms with Crippen molar-refractivity contribution in [3.63, 3.8) is 0 Å². The third kappa shape index (κ3) is 3.58. The van der Waals surface area contributed by atoms with Crippen LogP contribution in [0.4, 0.5) is 0 Å². The second-order valence-electron chi connectivity index (χ2n) is 4.21. The first kappa shape index (κ1) is 13.1. The SMILES string of the molecule is Cc1ccccc1C(N=[N+]=[N-])OCc1ccccc1. The summed E-state index contributed by atoms with van der Waals surface area (Å²) in [6.45, 7) is 2.39. The van der Waals surface area contributed by atoms with Gasteiger partial charge in [0.05, 0.1) is 6.61 Å². The van der Waals surface area contributed by atoms with E-state index < -0.39 is 6.23 Å². The van der Waals surface area contributed by atoms with Gasteiger partial charge in [-0.3, -0.25) is 0 Å². The summed E-state index contributed by atoms with van der Waals surface area (Å²) in [6, 6.07) is 17.6. The summed E-state index contributed by atoms with van der Waals surface area (Å²) in [6.07, 6.45) is -0.591. The molecule has 1 atom stereocenters. The first-order valence-corrected chi connectivity index (χ1v) is 6.06. The lowest BCUT2D eigenvalue weighted by atomic mass is 10.1. The van der Waals surface area contributed by atoms with Crippen LogP contribution in [0.1, 0.15) is 22.9 Å². The van der Waals surface area contributed by atoms with Crippen LogP contribution in [-0.2, 0) is 11.3 Å². The van der Waals surface area contributed by atoms with E-state index in [0.717, 1.165) is 16.7 Å². The van der Waals surface area contributed by atoms with Gasteiger partial charge in [0.1, 0.15) is 0 Å². The van der Waals surface area contributed by atoms with Crippen molar-refractivity contribution in [1.29, 1.82) is 0 Å². The molecule has 1 unspecified atom stereocenters. The van der Waals surface area contributed by atoms with E-state index in [1.165, 1.54) is 0 Å². The van der Waals surface area contributed by atoms with Gasteiger partial charge >= 0.3 is 0 Å². The van der Waals surface area contributed by atoms with Gasteiger partial charge in [-0.1, -0.05) is 59.7 Å². The molecule has 0 aliphatic heterocycles. The van der Waals surface area contributed by atoms with E-state index in [9.17, 15) is 0 Å². The largest absolute Gasteiger partial charge is 0.363 e.